The monoisotopic (exact) mass is 197 g/mol. The van der Waals surface area contributed by atoms with E-state index in [9.17, 15) is 0 Å². The third-order valence-electron chi connectivity index (χ3n) is 3.00. The molecule has 2 atom stereocenters. The Balaban J connectivity index is 2.24. The number of H-pyrrole nitrogens is 1. The highest BCUT2D eigenvalue weighted by atomic mass is 16.5. The molecule has 6 nitrogen and oxygen atoms in total. The Bertz CT molecular complexity index is 282. The number of hydrogen-bond donors (Lipinski definition) is 2. The zero-order valence-electron chi connectivity index (χ0n) is 8.23. The second-order valence-electron chi connectivity index (χ2n) is 3.69. The third kappa shape index (κ3) is 1.40. The molecule has 1 aliphatic heterocycles. The maximum absolute atomic E-state index is 6.30. The van der Waals surface area contributed by atoms with Crippen LogP contribution in [0, 0.1) is 5.92 Å². The fraction of sp³-hybridized carbons (Fsp3) is 0.875. The molecule has 3 N–H and O–H groups in total. The summed E-state index contributed by atoms with van der Waals surface area (Å²) in [6, 6.07) is 0. The van der Waals surface area contributed by atoms with Gasteiger partial charge in [0.15, 0.2) is 5.82 Å². The first-order chi connectivity index (χ1) is 6.77. The smallest absolute Gasteiger partial charge is 0.194 e. The van der Waals surface area contributed by atoms with E-state index < -0.39 is 5.54 Å². The van der Waals surface area contributed by atoms with Crippen molar-refractivity contribution in [2.75, 3.05) is 13.2 Å². The molecule has 2 rings (SSSR count). The molecule has 0 amide bonds. The lowest BCUT2D eigenvalue weighted by Gasteiger charge is -2.29. The summed E-state index contributed by atoms with van der Waals surface area (Å²) in [7, 11) is 0. The van der Waals surface area contributed by atoms with Crippen LogP contribution < -0.4 is 5.73 Å². The number of aromatic nitrogens is 4. The number of nitrogens with two attached hydrogens (primary N) is 1. The van der Waals surface area contributed by atoms with Crippen molar-refractivity contribution in [3.05, 3.63) is 5.82 Å². The topological polar surface area (TPSA) is 89.7 Å². The minimum atomic E-state index is -0.497. The molecule has 0 aliphatic carbocycles. The maximum Gasteiger partial charge on any atom is 0.194 e. The fourth-order valence-corrected chi connectivity index (χ4v) is 1.93. The van der Waals surface area contributed by atoms with Gasteiger partial charge in [0.25, 0.3) is 0 Å². The standard InChI is InChI=1S/C8H15N5O/c1-2-8(9,6-3-4-14-5-6)7-10-12-13-11-7/h6H,2-5,9H2,1H3,(H,10,11,12,13). The first-order valence-electron chi connectivity index (χ1n) is 4.88. The minimum Gasteiger partial charge on any atom is -0.381 e. The summed E-state index contributed by atoms with van der Waals surface area (Å²) >= 11 is 0. The van der Waals surface area contributed by atoms with E-state index in [1.54, 1.807) is 0 Å². The highest BCUT2D eigenvalue weighted by Gasteiger charge is 2.40. The highest BCUT2D eigenvalue weighted by Crippen LogP contribution is 2.33. The van der Waals surface area contributed by atoms with Crippen molar-refractivity contribution in [3.8, 4) is 0 Å². The molecule has 0 spiro atoms. The van der Waals surface area contributed by atoms with Gasteiger partial charge in [0.1, 0.15) is 0 Å². The average molecular weight is 197 g/mol. The van der Waals surface area contributed by atoms with Gasteiger partial charge in [-0.2, -0.15) is 5.21 Å². The quantitative estimate of drug-likeness (QED) is 0.700. The summed E-state index contributed by atoms with van der Waals surface area (Å²) < 4.78 is 5.34. The SMILES string of the molecule is CCC(N)(c1nn[nH]n1)C1CCOC1. The molecule has 1 aromatic heterocycles. The lowest BCUT2D eigenvalue weighted by atomic mass is 9.81. The Labute approximate surface area is 82.2 Å². The predicted octanol–water partition coefficient (Wildman–Crippen LogP) is -0.200. The van der Waals surface area contributed by atoms with Crippen molar-refractivity contribution in [2.45, 2.75) is 25.3 Å². The molecule has 0 radical (unpaired) electrons. The van der Waals surface area contributed by atoms with E-state index in [4.69, 9.17) is 10.5 Å². The Kier molecular flexibility index (Phi) is 2.47. The van der Waals surface area contributed by atoms with E-state index in [1.165, 1.54) is 0 Å². The second kappa shape index (κ2) is 3.62. The fourth-order valence-electron chi connectivity index (χ4n) is 1.93. The van der Waals surface area contributed by atoms with Crippen LogP contribution in [-0.4, -0.2) is 33.8 Å². The number of tetrazole rings is 1. The zero-order chi connectivity index (χ0) is 10.0. The minimum absolute atomic E-state index is 0.296. The number of rotatable bonds is 3. The molecule has 1 saturated heterocycles. The van der Waals surface area contributed by atoms with Gasteiger partial charge in [-0.25, -0.2) is 0 Å². The van der Waals surface area contributed by atoms with Crippen LogP contribution in [0.25, 0.3) is 0 Å². The largest absolute Gasteiger partial charge is 0.381 e. The molecule has 1 aromatic rings. The molecule has 6 heteroatoms. The molecule has 14 heavy (non-hydrogen) atoms. The van der Waals surface area contributed by atoms with Gasteiger partial charge in [0.05, 0.1) is 12.1 Å². The van der Waals surface area contributed by atoms with Crippen LogP contribution in [0.4, 0.5) is 0 Å². The Hall–Kier alpha value is -1.01. The van der Waals surface area contributed by atoms with E-state index >= 15 is 0 Å². The van der Waals surface area contributed by atoms with E-state index in [0.29, 0.717) is 18.3 Å². The van der Waals surface area contributed by atoms with Gasteiger partial charge in [0.2, 0.25) is 0 Å². The lowest BCUT2D eigenvalue weighted by molar-refractivity contribution is 0.156. The summed E-state index contributed by atoms with van der Waals surface area (Å²) in [5, 5.41) is 13.9. The van der Waals surface area contributed by atoms with E-state index in [-0.39, 0.29) is 0 Å². The summed E-state index contributed by atoms with van der Waals surface area (Å²) in [5.41, 5.74) is 5.81. The number of hydrogen-bond acceptors (Lipinski definition) is 5. The van der Waals surface area contributed by atoms with E-state index in [2.05, 4.69) is 20.6 Å². The first kappa shape index (κ1) is 9.54. The van der Waals surface area contributed by atoms with Gasteiger partial charge in [-0.05, 0) is 12.8 Å². The molecule has 0 aromatic carbocycles. The predicted molar refractivity (Wildman–Crippen MR) is 49.3 cm³/mol. The van der Waals surface area contributed by atoms with Gasteiger partial charge >= 0.3 is 0 Å². The Morgan fingerprint density at radius 1 is 1.71 bits per heavy atom. The molecule has 78 valence electrons. The highest BCUT2D eigenvalue weighted by molar-refractivity contribution is 5.05. The summed E-state index contributed by atoms with van der Waals surface area (Å²) in [6.45, 7) is 3.51. The van der Waals surface area contributed by atoms with E-state index in [0.717, 1.165) is 19.4 Å². The number of nitrogens with one attached hydrogen (secondary N) is 1. The van der Waals surface area contributed by atoms with Crippen LogP contribution in [0.3, 0.4) is 0 Å². The number of ether oxygens (including phenoxy) is 1. The van der Waals surface area contributed by atoms with Crippen molar-refractivity contribution in [1.29, 1.82) is 0 Å². The molecule has 0 bridgehead atoms. The van der Waals surface area contributed by atoms with Crippen molar-refractivity contribution in [3.63, 3.8) is 0 Å². The van der Waals surface area contributed by atoms with Crippen LogP contribution in [0.5, 0.6) is 0 Å². The molecular formula is C8H15N5O. The second-order valence-corrected chi connectivity index (χ2v) is 3.69. The van der Waals surface area contributed by atoms with Crippen LogP contribution in [-0.2, 0) is 10.3 Å². The lowest BCUT2D eigenvalue weighted by Crippen LogP contribution is -2.45. The van der Waals surface area contributed by atoms with Crippen LogP contribution in [0.2, 0.25) is 0 Å². The average Bonchev–Trinajstić information content (AvgIpc) is 2.88. The Morgan fingerprint density at radius 3 is 3.07 bits per heavy atom. The first-order valence-corrected chi connectivity index (χ1v) is 4.88. The molecule has 2 heterocycles. The normalized spacial score (nSPS) is 26.3. The van der Waals surface area contributed by atoms with Crippen molar-refractivity contribution in [2.24, 2.45) is 11.7 Å². The van der Waals surface area contributed by atoms with Gasteiger partial charge < -0.3 is 10.5 Å². The van der Waals surface area contributed by atoms with Crippen LogP contribution in [0.15, 0.2) is 0 Å². The molecular weight excluding hydrogens is 182 g/mol. The summed E-state index contributed by atoms with van der Waals surface area (Å²) in [4.78, 5) is 0. The van der Waals surface area contributed by atoms with Crippen LogP contribution in [0.1, 0.15) is 25.6 Å². The molecule has 2 unspecified atom stereocenters. The van der Waals surface area contributed by atoms with Gasteiger partial charge in [-0.3, -0.25) is 0 Å². The van der Waals surface area contributed by atoms with Gasteiger partial charge in [-0.1, -0.05) is 12.1 Å². The van der Waals surface area contributed by atoms with Gasteiger partial charge in [-0.15, -0.1) is 10.2 Å². The zero-order valence-corrected chi connectivity index (χ0v) is 8.23. The number of nitrogens with zero attached hydrogens (tertiary/aromatic N) is 3. The molecule has 1 aliphatic rings. The van der Waals surface area contributed by atoms with E-state index in [1.807, 2.05) is 6.92 Å². The molecule has 1 fully saturated rings. The van der Waals surface area contributed by atoms with Gasteiger partial charge in [0, 0.05) is 12.5 Å². The van der Waals surface area contributed by atoms with Crippen molar-refractivity contribution < 1.29 is 4.74 Å². The van der Waals surface area contributed by atoms with Crippen molar-refractivity contribution in [1.82, 2.24) is 20.6 Å². The van der Waals surface area contributed by atoms with Crippen LogP contribution >= 0.6 is 0 Å². The number of aromatic amines is 1. The third-order valence-corrected chi connectivity index (χ3v) is 3.00. The van der Waals surface area contributed by atoms with Crippen molar-refractivity contribution >= 4 is 0 Å². The summed E-state index contributed by atoms with van der Waals surface area (Å²) in [6.07, 6.45) is 1.76. The maximum atomic E-state index is 6.30. The Morgan fingerprint density at radius 2 is 2.57 bits per heavy atom. The molecule has 0 saturated carbocycles. The summed E-state index contributed by atoms with van der Waals surface area (Å²) in [5.74, 6) is 0.889.